The molecule has 0 aliphatic heterocycles. The first-order chi connectivity index (χ1) is 12.1. The van der Waals surface area contributed by atoms with Gasteiger partial charge in [0.25, 0.3) is 5.91 Å². The van der Waals surface area contributed by atoms with E-state index in [0.717, 1.165) is 6.07 Å². The maximum Gasteiger partial charge on any atom is 0.251 e. The Hall–Kier alpha value is -2.93. The Morgan fingerprint density at radius 1 is 1.32 bits per heavy atom. The van der Waals surface area contributed by atoms with Crippen molar-refractivity contribution in [2.24, 2.45) is 0 Å². The lowest BCUT2D eigenvalue weighted by Crippen LogP contribution is -2.23. The normalized spacial score (nSPS) is 10.5. The Balaban J connectivity index is 1.66. The van der Waals surface area contributed by atoms with Crippen LogP contribution in [0.15, 0.2) is 47.0 Å². The molecule has 0 spiro atoms. The Morgan fingerprint density at radius 2 is 2.16 bits per heavy atom. The van der Waals surface area contributed by atoms with E-state index in [1.54, 1.807) is 24.3 Å². The monoisotopic (exact) mass is 361 g/mol. The van der Waals surface area contributed by atoms with Gasteiger partial charge in [-0.2, -0.15) is 4.98 Å². The molecule has 0 fully saturated rings. The van der Waals surface area contributed by atoms with Crippen molar-refractivity contribution >= 4 is 17.5 Å². The van der Waals surface area contributed by atoms with Crippen LogP contribution in [-0.2, 0) is 6.54 Å². The predicted molar refractivity (Wildman–Crippen MR) is 88.9 cm³/mol. The average molecular weight is 362 g/mol. The molecular formula is C17H13ClFN3O3. The highest BCUT2D eigenvalue weighted by molar-refractivity contribution is 6.30. The van der Waals surface area contributed by atoms with Crippen LogP contribution in [-0.4, -0.2) is 23.2 Å². The molecule has 128 valence electrons. The van der Waals surface area contributed by atoms with Crippen LogP contribution in [0, 0.1) is 5.82 Å². The van der Waals surface area contributed by atoms with E-state index in [-0.39, 0.29) is 23.7 Å². The van der Waals surface area contributed by atoms with Gasteiger partial charge < -0.3 is 14.6 Å². The van der Waals surface area contributed by atoms with Crippen LogP contribution < -0.4 is 10.1 Å². The molecule has 0 unspecified atom stereocenters. The standard InChI is InChI=1S/C17H13ClFN3O3/c1-24-14-6-5-11(8-13(14)19)17(23)20-9-15-21-16(22-25-15)10-3-2-4-12(18)7-10/h2-8H,9H2,1H3,(H,20,23). The van der Waals surface area contributed by atoms with E-state index < -0.39 is 11.7 Å². The number of methoxy groups -OCH3 is 1. The van der Waals surface area contributed by atoms with Crippen molar-refractivity contribution in [2.45, 2.75) is 6.54 Å². The lowest BCUT2D eigenvalue weighted by molar-refractivity contribution is 0.0945. The Bertz CT molecular complexity index is 914. The van der Waals surface area contributed by atoms with Gasteiger partial charge in [0, 0.05) is 16.1 Å². The molecule has 2 aromatic carbocycles. The Labute approximate surface area is 147 Å². The van der Waals surface area contributed by atoms with Crippen molar-refractivity contribution in [1.82, 2.24) is 15.5 Å². The predicted octanol–water partition coefficient (Wildman–Crippen LogP) is 3.47. The van der Waals surface area contributed by atoms with Crippen LogP contribution in [0.3, 0.4) is 0 Å². The number of hydrogen-bond acceptors (Lipinski definition) is 5. The van der Waals surface area contributed by atoms with Crippen molar-refractivity contribution in [3.63, 3.8) is 0 Å². The number of benzene rings is 2. The number of rotatable bonds is 5. The number of carbonyl (C=O) groups excluding carboxylic acids is 1. The van der Waals surface area contributed by atoms with Crippen LogP contribution in [0.5, 0.6) is 5.75 Å². The third kappa shape index (κ3) is 3.95. The number of aromatic nitrogens is 2. The summed E-state index contributed by atoms with van der Waals surface area (Å²) in [5, 5.41) is 6.98. The first-order valence-corrected chi connectivity index (χ1v) is 7.65. The number of carbonyl (C=O) groups is 1. The minimum absolute atomic E-state index is 0.0139. The minimum Gasteiger partial charge on any atom is -0.494 e. The van der Waals surface area contributed by atoms with Crippen LogP contribution in [0.4, 0.5) is 4.39 Å². The number of ether oxygens (including phenoxy) is 1. The molecule has 0 radical (unpaired) electrons. The molecule has 0 atom stereocenters. The van der Waals surface area contributed by atoms with Gasteiger partial charge >= 0.3 is 0 Å². The third-order valence-corrected chi connectivity index (χ3v) is 3.60. The zero-order chi connectivity index (χ0) is 17.8. The van der Waals surface area contributed by atoms with E-state index >= 15 is 0 Å². The van der Waals surface area contributed by atoms with Crippen LogP contribution in [0.25, 0.3) is 11.4 Å². The summed E-state index contributed by atoms with van der Waals surface area (Å²) in [6.07, 6.45) is 0. The summed E-state index contributed by atoms with van der Waals surface area (Å²) in [5.74, 6) is -0.431. The number of halogens is 2. The number of nitrogens with one attached hydrogen (secondary N) is 1. The quantitative estimate of drug-likeness (QED) is 0.753. The minimum atomic E-state index is -0.615. The summed E-state index contributed by atoms with van der Waals surface area (Å²) in [4.78, 5) is 16.3. The van der Waals surface area contributed by atoms with Crippen LogP contribution in [0.1, 0.15) is 16.2 Å². The molecule has 3 rings (SSSR count). The van der Waals surface area contributed by atoms with E-state index in [1.165, 1.54) is 19.2 Å². The largest absolute Gasteiger partial charge is 0.494 e. The Kier molecular flexibility index (Phi) is 4.95. The van der Waals surface area contributed by atoms with Crippen molar-refractivity contribution in [2.75, 3.05) is 7.11 Å². The molecular weight excluding hydrogens is 349 g/mol. The first kappa shape index (κ1) is 16.9. The highest BCUT2D eigenvalue weighted by Crippen LogP contribution is 2.20. The summed E-state index contributed by atoms with van der Waals surface area (Å²) >= 11 is 5.92. The number of nitrogens with zero attached hydrogens (tertiary/aromatic N) is 2. The van der Waals surface area contributed by atoms with E-state index in [2.05, 4.69) is 15.5 Å². The molecule has 1 amide bonds. The van der Waals surface area contributed by atoms with Gasteiger partial charge in [-0.05, 0) is 30.3 Å². The van der Waals surface area contributed by atoms with Crippen molar-refractivity contribution in [1.29, 1.82) is 0 Å². The molecule has 25 heavy (non-hydrogen) atoms. The molecule has 1 N–H and O–H groups in total. The maximum absolute atomic E-state index is 13.6. The molecule has 3 aromatic rings. The smallest absolute Gasteiger partial charge is 0.251 e. The lowest BCUT2D eigenvalue weighted by Gasteiger charge is -2.05. The zero-order valence-electron chi connectivity index (χ0n) is 13.1. The first-order valence-electron chi connectivity index (χ1n) is 7.27. The zero-order valence-corrected chi connectivity index (χ0v) is 13.9. The Morgan fingerprint density at radius 3 is 2.88 bits per heavy atom. The van der Waals surface area contributed by atoms with E-state index in [1.807, 2.05) is 0 Å². The average Bonchev–Trinajstić information content (AvgIpc) is 3.08. The molecule has 1 aromatic heterocycles. The molecule has 1 heterocycles. The summed E-state index contributed by atoms with van der Waals surface area (Å²) in [7, 11) is 1.35. The van der Waals surface area contributed by atoms with Crippen molar-refractivity contribution < 1.29 is 18.4 Å². The molecule has 6 nitrogen and oxygen atoms in total. The third-order valence-electron chi connectivity index (χ3n) is 3.37. The SMILES string of the molecule is COc1ccc(C(=O)NCc2nc(-c3cccc(Cl)c3)no2)cc1F. The fourth-order valence-electron chi connectivity index (χ4n) is 2.14. The topological polar surface area (TPSA) is 77.2 Å². The molecule has 0 aliphatic rings. The van der Waals surface area contributed by atoms with E-state index in [0.29, 0.717) is 16.4 Å². The van der Waals surface area contributed by atoms with Gasteiger partial charge in [0.2, 0.25) is 11.7 Å². The molecule has 0 saturated carbocycles. The second-order valence-electron chi connectivity index (χ2n) is 5.05. The molecule has 0 bridgehead atoms. The fraction of sp³-hybridized carbons (Fsp3) is 0.118. The number of hydrogen-bond donors (Lipinski definition) is 1. The van der Waals surface area contributed by atoms with Gasteiger partial charge in [-0.3, -0.25) is 4.79 Å². The molecule has 0 aliphatic carbocycles. The van der Waals surface area contributed by atoms with Gasteiger partial charge in [-0.15, -0.1) is 0 Å². The highest BCUT2D eigenvalue weighted by Gasteiger charge is 2.13. The fourth-order valence-corrected chi connectivity index (χ4v) is 2.33. The van der Waals surface area contributed by atoms with Crippen LogP contribution >= 0.6 is 11.6 Å². The van der Waals surface area contributed by atoms with E-state index in [9.17, 15) is 9.18 Å². The van der Waals surface area contributed by atoms with Crippen molar-refractivity contribution in [3.05, 3.63) is 64.8 Å². The summed E-state index contributed by atoms with van der Waals surface area (Å²) in [6.45, 7) is 0.0139. The second-order valence-corrected chi connectivity index (χ2v) is 5.49. The summed E-state index contributed by atoms with van der Waals surface area (Å²) in [6, 6.07) is 10.9. The van der Waals surface area contributed by atoms with Crippen molar-refractivity contribution in [3.8, 4) is 17.1 Å². The molecule has 8 heteroatoms. The second kappa shape index (κ2) is 7.31. The molecule has 0 saturated heterocycles. The van der Waals surface area contributed by atoms with Crippen LogP contribution in [0.2, 0.25) is 5.02 Å². The summed E-state index contributed by atoms with van der Waals surface area (Å²) < 4.78 is 23.5. The van der Waals surface area contributed by atoms with Gasteiger partial charge in [0.05, 0.1) is 13.7 Å². The van der Waals surface area contributed by atoms with Gasteiger partial charge in [-0.25, -0.2) is 4.39 Å². The number of amides is 1. The highest BCUT2D eigenvalue weighted by atomic mass is 35.5. The van der Waals surface area contributed by atoms with E-state index in [4.69, 9.17) is 20.9 Å². The lowest BCUT2D eigenvalue weighted by atomic mass is 10.2. The van der Waals surface area contributed by atoms with Gasteiger partial charge in [-0.1, -0.05) is 28.9 Å². The maximum atomic E-state index is 13.6. The summed E-state index contributed by atoms with van der Waals surface area (Å²) in [5.41, 5.74) is 0.860. The van der Waals surface area contributed by atoms with Gasteiger partial charge in [0.15, 0.2) is 11.6 Å². The van der Waals surface area contributed by atoms with Gasteiger partial charge in [0.1, 0.15) is 0 Å².